The highest BCUT2D eigenvalue weighted by molar-refractivity contribution is 6.13. The minimum absolute atomic E-state index is 0.0995. The molecule has 402 valence electrons. The molecule has 7 aromatic rings. The molecule has 12 nitrogen and oxygen atoms in total. The molecule has 12 heteroatoms. The molecular formula is C68H62N4O8. The van der Waals surface area contributed by atoms with Gasteiger partial charge in [0.05, 0.1) is 39.5 Å². The maximum atomic E-state index is 14.1. The van der Waals surface area contributed by atoms with Crippen LogP contribution in [0.5, 0.6) is 23.0 Å². The van der Waals surface area contributed by atoms with E-state index in [2.05, 4.69) is 4.98 Å². The molecule has 0 aliphatic carbocycles. The summed E-state index contributed by atoms with van der Waals surface area (Å²) in [5, 5.41) is 0. The molecule has 0 fully saturated rings. The third-order valence-electron chi connectivity index (χ3n) is 13.1. The number of fused-ring (bicyclic) bond motifs is 8. The molecule has 5 heterocycles. The number of allylic oxidation sites excluding steroid dienone is 8. The van der Waals surface area contributed by atoms with Gasteiger partial charge < -0.3 is 28.5 Å². The van der Waals surface area contributed by atoms with Gasteiger partial charge in [-0.1, -0.05) is 115 Å². The Morgan fingerprint density at radius 3 is 1.31 bits per heavy atom. The SMILES string of the molecule is CC=CCCC(=O)Oc1ccccc1-c1c(-c2ccccc2OC(=O)CCC=CC)c2c(-c3ccccc3OC(=O)CCC=CC)c3nc(cc4ccc(cc5nc(cc1n2-c1ccccc1OC(=O)CCC=CC)C=C5)[nH]4)C=C3. The van der Waals surface area contributed by atoms with Crippen molar-refractivity contribution < 1.29 is 38.1 Å². The zero-order valence-electron chi connectivity index (χ0n) is 45.3. The van der Waals surface area contributed by atoms with Crippen LogP contribution in [0.4, 0.5) is 0 Å². The molecule has 0 radical (unpaired) electrons. The van der Waals surface area contributed by atoms with Crippen molar-refractivity contribution in [2.75, 3.05) is 0 Å². The van der Waals surface area contributed by atoms with Gasteiger partial charge in [-0.05, 0) is 138 Å². The van der Waals surface area contributed by atoms with E-state index < -0.39 is 23.9 Å². The average molecular weight is 1060 g/mol. The van der Waals surface area contributed by atoms with E-state index in [9.17, 15) is 19.2 Å². The van der Waals surface area contributed by atoms with E-state index in [-0.39, 0.29) is 48.7 Å². The molecule has 0 unspecified atom stereocenters. The minimum Gasteiger partial charge on any atom is -0.426 e. The summed E-state index contributed by atoms with van der Waals surface area (Å²) in [4.78, 5) is 70.1. The highest BCUT2D eigenvalue weighted by atomic mass is 16.5. The van der Waals surface area contributed by atoms with E-state index in [4.69, 9.17) is 28.9 Å². The molecule has 0 saturated carbocycles. The second kappa shape index (κ2) is 26.6. The minimum atomic E-state index is -0.463. The van der Waals surface area contributed by atoms with Crippen LogP contribution in [-0.2, 0) is 19.2 Å². The van der Waals surface area contributed by atoms with E-state index >= 15 is 0 Å². The van der Waals surface area contributed by atoms with Gasteiger partial charge in [0, 0.05) is 70.1 Å². The van der Waals surface area contributed by atoms with Crippen LogP contribution in [-0.4, -0.2) is 43.4 Å². The van der Waals surface area contributed by atoms with Crippen molar-refractivity contribution in [1.82, 2.24) is 19.5 Å². The second-order valence-electron chi connectivity index (χ2n) is 18.8. The predicted octanol–water partition coefficient (Wildman–Crippen LogP) is 16.2. The largest absolute Gasteiger partial charge is 0.426 e. The normalized spacial score (nSPS) is 12.1. The zero-order chi connectivity index (χ0) is 55.8. The van der Waals surface area contributed by atoms with Crippen molar-refractivity contribution in [1.29, 1.82) is 0 Å². The number of nitrogens with one attached hydrogen (secondary N) is 1. The Bertz CT molecular complexity index is 3830. The van der Waals surface area contributed by atoms with Crippen LogP contribution in [0.25, 0.3) is 85.4 Å². The number of nitrogens with zero attached hydrogens (tertiary/aromatic N) is 3. The number of hydrogen-bond acceptors (Lipinski definition) is 10. The Balaban J connectivity index is 1.55. The molecule has 0 saturated heterocycles. The molecule has 9 rings (SSSR count). The number of hydrogen-bond donors (Lipinski definition) is 1. The van der Waals surface area contributed by atoms with Crippen molar-refractivity contribution in [3.63, 3.8) is 0 Å². The third kappa shape index (κ3) is 13.2. The molecule has 2 aliphatic rings. The van der Waals surface area contributed by atoms with E-state index in [1.54, 1.807) is 48.5 Å². The van der Waals surface area contributed by atoms with Gasteiger partial charge in [0.15, 0.2) is 5.75 Å². The summed E-state index contributed by atoms with van der Waals surface area (Å²) >= 11 is 0. The number of H-pyrrole nitrogens is 1. The first-order chi connectivity index (χ1) is 39.2. The molecule has 80 heavy (non-hydrogen) atoms. The molecule has 8 bridgehead atoms. The van der Waals surface area contributed by atoms with Crippen LogP contribution in [0.1, 0.15) is 102 Å². The number of aromatic amines is 1. The smallest absolute Gasteiger partial charge is 0.311 e. The van der Waals surface area contributed by atoms with Gasteiger partial charge in [-0.3, -0.25) is 19.2 Å². The molecular weight excluding hydrogens is 1000 g/mol. The number of carbonyl (C=O) groups is 4. The van der Waals surface area contributed by atoms with Crippen molar-refractivity contribution >= 4 is 70.2 Å². The van der Waals surface area contributed by atoms with Crippen LogP contribution in [0, 0.1) is 0 Å². The first-order valence-corrected chi connectivity index (χ1v) is 27.0. The average Bonchev–Trinajstić information content (AvgIpc) is 4.47. The quantitative estimate of drug-likeness (QED) is 0.0443. The van der Waals surface area contributed by atoms with E-state index in [1.165, 1.54) is 0 Å². The number of aromatic nitrogens is 4. The fourth-order valence-corrected chi connectivity index (χ4v) is 9.53. The number of rotatable bonds is 20. The lowest BCUT2D eigenvalue weighted by Gasteiger charge is -2.18. The van der Waals surface area contributed by atoms with Crippen molar-refractivity contribution in [2.45, 2.75) is 79.1 Å². The van der Waals surface area contributed by atoms with Crippen LogP contribution in [0.15, 0.2) is 176 Å². The number of carbonyl (C=O) groups excluding carboxylic acids is 4. The number of ether oxygens (including phenoxy) is 4. The van der Waals surface area contributed by atoms with Crippen LogP contribution in [0.2, 0.25) is 0 Å². The summed E-state index contributed by atoms with van der Waals surface area (Å²) in [7, 11) is 0. The lowest BCUT2D eigenvalue weighted by molar-refractivity contribution is -0.135. The van der Waals surface area contributed by atoms with Gasteiger partial charge in [-0.2, -0.15) is 0 Å². The lowest BCUT2D eigenvalue weighted by atomic mass is 9.92. The van der Waals surface area contributed by atoms with Crippen molar-refractivity contribution in [3.8, 4) is 62.1 Å². The highest BCUT2D eigenvalue weighted by Gasteiger charge is 2.31. The summed E-state index contributed by atoms with van der Waals surface area (Å²) in [5.41, 5.74) is 8.22. The van der Waals surface area contributed by atoms with Gasteiger partial charge >= 0.3 is 23.9 Å². The topological polar surface area (TPSA) is 152 Å². The standard InChI is InChI=1S/C68H62N4O8/c1-5-9-13-33-61(73)77-57-29-21-17-25-51(57)65-54-42-41-49(71-54)44-48-38-37-46(69-48)43-47-39-40-50(70-47)45-56-66(52-26-18-22-30-58(52)78-62(74)34-14-10-6-2)67(53-27-19-23-31-59(53)79-63(75)35-15-11-7-3)68(65)72(56)55-28-20-24-32-60(55)80-64(76)36-16-12-8-4/h5-12,17-32,37-45,69H,13-16,33-36H2,1-4H3. The molecule has 4 aromatic carbocycles. The molecule has 0 spiro atoms. The lowest BCUT2D eigenvalue weighted by Crippen LogP contribution is -2.10. The number of para-hydroxylation sites is 5. The summed E-state index contributed by atoms with van der Waals surface area (Å²) in [6, 6.07) is 39.0. The maximum Gasteiger partial charge on any atom is 0.311 e. The fourth-order valence-electron chi connectivity index (χ4n) is 9.53. The first kappa shape index (κ1) is 55.1. The Hall–Kier alpha value is -9.68. The predicted molar refractivity (Wildman–Crippen MR) is 319 cm³/mol. The Morgan fingerprint density at radius 2 is 0.825 bits per heavy atom. The summed E-state index contributed by atoms with van der Waals surface area (Å²) in [6.45, 7) is 7.60. The van der Waals surface area contributed by atoms with Crippen molar-refractivity contribution in [3.05, 3.63) is 199 Å². The van der Waals surface area contributed by atoms with Crippen LogP contribution >= 0.6 is 0 Å². The van der Waals surface area contributed by atoms with Gasteiger partial charge in [0.25, 0.3) is 0 Å². The van der Waals surface area contributed by atoms with Gasteiger partial charge in [-0.25, -0.2) is 9.97 Å². The summed E-state index contributed by atoms with van der Waals surface area (Å²) < 4.78 is 27.7. The van der Waals surface area contributed by atoms with Gasteiger partial charge in [0.1, 0.15) is 17.2 Å². The second-order valence-corrected chi connectivity index (χ2v) is 18.8. The van der Waals surface area contributed by atoms with E-state index in [0.29, 0.717) is 98.6 Å². The van der Waals surface area contributed by atoms with Crippen LogP contribution in [0.3, 0.4) is 0 Å². The van der Waals surface area contributed by atoms with E-state index in [0.717, 1.165) is 11.0 Å². The van der Waals surface area contributed by atoms with Crippen molar-refractivity contribution in [2.24, 2.45) is 0 Å². The first-order valence-electron chi connectivity index (χ1n) is 27.0. The van der Waals surface area contributed by atoms with Gasteiger partial charge in [0.2, 0.25) is 0 Å². The monoisotopic (exact) mass is 1060 g/mol. The van der Waals surface area contributed by atoms with Gasteiger partial charge in [-0.15, -0.1) is 0 Å². The highest BCUT2D eigenvalue weighted by Crippen LogP contribution is 2.53. The molecule has 3 aromatic heterocycles. The molecule has 2 aliphatic heterocycles. The third-order valence-corrected chi connectivity index (χ3v) is 13.1. The summed E-state index contributed by atoms with van der Waals surface area (Å²) in [5.74, 6) is -0.873. The number of esters is 4. The number of benzene rings is 4. The van der Waals surface area contributed by atoms with E-state index in [1.807, 2.05) is 184 Å². The zero-order valence-corrected chi connectivity index (χ0v) is 45.3. The Labute approximate surface area is 465 Å². The molecule has 0 amide bonds. The molecule has 0 atom stereocenters. The summed E-state index contributed by atoms with van der Waals surface area (Å²) in [6.07, 6.45) is 25.2. The Morgan fingerprint density at radius 1 is 0.438 bits per heavy atom. The Kier molecular flexibility index (Phi) is 18.3. The fraction of sp³-hybridized carbons (Fsp3) is 0.176. The molecule has 1 N–H and O–H groups in total. The maximum absolute atomic E-state index is 14.1. The van der Waals surface area contributed by atoms with Crippen LogP contribution < -0.4 is 18.9 Å².